The summed E-state index contributed by atoms with van der Waals surface area (Å²) in [6.07, 6.45) is 3.73. The predicted molar refractivity (Wildman–Crippen MR) is 82.9 cm³/mol. The molecule has 1 aromatic heterocycles. The molecule has 0 spiro atoms. The van der Waals surface area contributed by atoms with E-state index in [1.54, 1.807) is 11.3 Å². The first-order chi connectivity index (χ1) is 8.49. The SMILES string of the molecule is CC(C)(CCN(Cc1ccsc1)C1CC1)C(N)=S. The Balaban J connectivity index is 1.89. The van der Waals surface area contributed by atoms with Gasteiger partial charge in [-0.1, -0.05) is 26.1 Å². The third-order valence-corrected chi connectivity index (χ3v) is 5.00. The first-order valence-corrected chi connectivity index (χ1v) is 7.89. The summed E-state index contributed by atoms with van der Waals surface area (Å²) in [5.41, 5.74) is 7.20. The smallest absolute Gasteiger partial charge is 0.0784 e. The van der Waals surface area contributed by atoms with Crippen LogP contribution in [0, 0.1) is 5.41 Å². The van der Waals surface area contributed by atoms with Gasteiger partial charge in [-0.3, -0.25) is 4.90 Å². The Morgan fingerprint density at radius 1 is 1.56 bits per heavy atom. The van der Waals surface area contributed by atoms with E-state index >= 15 is 0 Å². The van der Waals surface area contributed by atoms with Gasteiger partial charge in [0.25, 0.3) is 0 Å². The van der Waals surface area contributed by atoms with Crippen LogP contribution in [0.5, 0.6) is 0 Å². The summed E-state index contributed by atoms with van der Waals surface area (Å²) in [6, 6.07) is 3.01. The van der Waals surface area contributed by atoms with Gasteiger partial charge < -0.3 is 5.73 Å². The maximum Gasteiger partial charge on any atom is 0.0784 e. The van der Waals surface area contributed by atoms with Crippen LogP contribution in [0.1, 0.15) is 38.7 Å². The molecule has 1 saturated carbocycles. The van der Waals surface area contributed by atoms with E-state index < -0.39 is 0 Å². The molecule has 0 saturated heterocycles. The van der Waals surface area contributed by atoms with Gasteiger partial charge in [-0.25, -0.2) is 0 Å². The van der Waals surface area contributed by atoms with Crippen molar-refractivity contribution in [2.75, 3.05) is 6.54 Å². The molecule has 4 heteroatoms. The Hall–Kier alpha value is -0.450. The fourth-order valence-electron chi connectivity index (χ4n) is 1.99. The second kappa shape index (κ2) is 5.68. The van der Waals surface area contributed by atoms with Crippen molar-refractivity contribution in [1.29, 1.82) is 0 Å². The van der Waals surface area contributed by atoms with Gasteiger partial charge in [-0.05, 0) is 48.2 Å². The molecule has 0 amide bonds. The van der Waals surface area contributed by atoms with Crippen LogP contribution in [0.2, 0.25) is 0 Å². The van der Waals surface area contributed by atoms with E-state index in [0.717, 1.165) is 25.6 Å². The van der Waals surface area contributed by atoms with Gasteiger partial charge in [0.2, 0.25) is 0 Å². The summed E-state index contributed by atoms with van der Waals surface area (Å²) in [6.45, 7) is 6.45. The molecule has 1 aliphatic rings. The lowest BCUT2D eigenvalue weighted by Gasteiger charge is -2.28. The molecule has 1 fully saturated rings. The van der Waals surface area contributed by atoms with E-state index in [9.17, 15) is 0 Å². The van der Waals surface area contributed by atoms with Gasteiger partial charge in [-0.15, -0.1) is 0 Å². The summed E-state index contributed by atoms with van der Waals surface area (Å²) in [5, 5.41) is 4.40. The highest BCUT2D eigenvalue weighted by molar-refractivity contribution is 7.80. The highest BCUT2D eigenvalue weighted by Gasteiger charge is 2.31. The molecule has 100 valence electrons. The second-order valence-electron chi connectivity index (χ2n) is 5.83. The number of hydrogen-bond donors (Lipinski definition) is 1. The summed E-state index contributed by atoms with van der Waals surface area (Å²) < 4.78 is 0. The number of thiocarbonyl (C=S) groups is 1. The van der Waals surface area contributed by atoms with Crippen LogP contribution >= 0.6 is 23.6 Å². The van der Waals surface area contributed by atoms with Crippen LogP contribution in [0.3, 0.4) is 0 Å². The van der Waals surface area contributed by atoms with E-state index in [0.29, 0.717) is 4.99 Å². The minimum absolute atomic E-state index is 0.0306. The van der Waals surface area contributed by atoms with Crippen molar-refractivity contribution in [3.8, 4) is 0 Å². The Labute approximate surface area is 119 Å². The van der Waals surface area contributed by atoms with Crippen molar-refractivity contribution in [2.24, 2.45) is 11.1 Å². The summed E-state index contributed by atoms with van der Waals surface area (Å²) in [4.78, 5) is 3.22. The van der Waals surface area contributed by atoms with Gasteiger partial charge >= 0.3 is 0 Å². The molecule has 2 N–H and O–H groups in total. The topological polar surface area (TPSA) is 29.3 Å². The van der Waals surface area contributed by atoms with Crippen molar-refractivity contribution in [3.05, 3.63) is 22.4 Å². The molecular formula is C14H22N2S2. The normalized spacial score (nSPS) is 16.2. The van der Waals surface area contributed by atoms with Gasteiger partial charge in [-0.2, -0.15) is 11.3 Å². The molecule has 2 nitrogen and oxygen atoms in total. The molecule has 0 aliphatic heterocycles. The first kappa shape index (κ1) is 14.0. The van der Waals surface area contributed by atoms with Crippen LogP contribution < -0.4 is 5.73 Å². The monoisotopic (exact) mass is 282 g/mol. The van der Waals surface area contributed by atoms with Gasteiger partial charge in [0.05, 0.1) is 4.99 Å². The first-order valence-electron chi connectivity index (χ1n) is 6.54. The molecule has 1 aliphatic carbocycles. The average Bonchev–Trinajstić information content (AvgIpc) is 3.02. The van der Waals surface area contributed by atoms with Crippen molar-refractivity contribution in [2.45, 2.75) is 45.7 Å². The van der Waals surface area contributed by atoms with Crippen molar-refractivity contribution < 1.29 is 0 Å². The van der Waals surface area contributed by atoms with Crippen LogP contribution in [0.25, 0.3) is 0 Å². The number of hydrogen-bond acceptors (Lipinski definition) is 3. The van der Waals surface area contributed by atoms with Crippen molar-refractivity contribution in [3.63, 3.8) is 0 Å². The minimum atomic E-state index is -0.0306. The van der Waals surface area contributed by atoms with E-state index in [-0.39, 0.29) is 5.41 Å². The molecule has 0 unspecified atom stereocenters. The zero-order chi connectivity index (χ0) is 13.2. The quantitative estimate of drug-likeness (QED) is 0.777. The highest BCUT2D eigenvalue weighted by Crippen LogP contribution is 2.31. The molecular weight excluding hydrogens is 260 g/mol. The zero-order valence-corrected chi connectivity index (χ0v) is 12.8. The fraction of sp³-hybridized carbons (Fsp3) is 0.643. The largest absolute Gasteiger partial charge is 0.393 e. The Kier molecular flexibility index (Phi) is 4.41. The van der Waals surface area contributed by atoms with E-state index in [1.807, 2.05) is 0 Å². The molecule has 18 heavy (non-hydrogen) atoms. The molecule has 0 radical (unpaired) electrons. The number of thiophene rings is 1. The van der Waals surface area contributed by atoms with Gasteiger partial charge in [0.1, 0.15) is 0 Å². The van der Waals surface area contributed by atoms with Crippen LogP contribution in [0.4, 0.5) is 0 Å². The average molecular weight is 282 g/mol. The van der Waals surface area contributed by atoms with E-state index in [1.165, 1.54) is 18.4 Å². The maximum atomic E-state index is 5.80. The predicted octanol–water partition coefficient (Wildman–Crippen LogP) is 3.41. The maximum absolute atomic E-state index is 5.80. The Bertz CT molecular complexity index is 394. The lowest BCUT2D eigenvalue weighted by atomic mass is 9.89. The summed E-state index contributed by atoms with van der Waals surface area (Å²) >= 11 is 6.92. The Morgan fingerprint density at radius 2 is 2.28 bits per heavy atom. The van der Waals surface area contributed by atoms with Crippen LogP contribution in [-0.2, 0) is 6.54 Å². The lowest BCUT2D eigenvalue weighted by Crippen LogP contribution is -2.35. The van der Waals surface area contributed by atoms with Gasteiger partial charge in [0, 0.05) is 18.0 Å². The zero-order valence-electron chi connectivity index (χ0n) is 11.2. The number of rotatable bonds is 7. The number of nitrogens with two attached hydrogens (primary N) is 1. The number of nitrogens with zero attached hydrogens (tertiary/aromatic N) is 1. The highest BCUT2D eigenvalue weighted by atomic mass is 32.1. The van der Waals surface area contributed by atoms with Crippen LogP contribution in [0.15, 0.2) is 16.8 Å². The van der Waals surface area contributed by atoms with E-state index in [2.05, 4.69) is 35.6 Å². The molecule has 0 bridgehead atoms. The van der Waals surface area contributed by atoms with E-state index in [4.69, 9.17) is 18.0 Å². The molecule has 1 aromatic rings. The molecule has 0 atom stereocenters. The van der Waals surface area contributed by atoms with Gasteiger partial charge in [0.15, 0.2) is 0 Å². The fourth-order valence-corrected chi connectivity index (χ4v) is 2.76. The molecule has 0 aromatic carbocycles. The third kappa shape index (κ3) is 3.77. The Morgan fingerprint density at radius 3 is 2.78 bits per heavy atom. The summed E-state index contributed by atoms with van der Waals surface area (Å²) in [5.74, 6) is 0. The van der Waals surface area contributed by atoms with Crippen molar-refractivity contribution >= 4 is 28.5 Å². The summed E-state index contributed by atoms with van der Waals surface area (Å²) in [7, 11) is 0. The van der Waals surface area contributed by atoms with Crippen molar-refractivity contribution in [1.82, 2.24) is 4.90 Å². The lowest BCUT2D eigenvalue weighted by molar-refractivity contribution is 0.229. The second-order valence-corrected chi connectivity index (χ2v) is 7.05. The molecule has 1 heterocycles. The van der Waals surface area contributed by atoms with Crippen LogP contribution in [-0.4, -0.2) is 22.5 Å². The minimum Gasteiger partial charge on any atom is -0.393 e. The standard InChI is InChI=1S/C14H22N2S2/c1-14(2,13(15)17)6-7-16(12-3-4-12)9-11-5-8-18-10-11/h5,8,10,12H,3-4,6-7,9H2,1-2H3,(H2,15,17). The molecule has 2 rings (SSSR count). The third-order valence-electron chi connectivity index (χ3n) is 3.72.